The van der Waals surface area contributed by atoms with E-state index < -0.39 is 0 Å². The maximum Gasteiger partial charge on any atom is 0.311 e. The molecule has 0 aromatic carbocycles. The van der Waals surface area contributed by atoms with E-state index in [1.54, 1.807) is 7.11 Å². The fourth-order valence-corrected chi connectivity index (χ4v) is 0.864. The van der Waals surface area contributed by atoms with Crippen molar-refractivity contribution in [2.24, 2.45) is 5.92 Å². The summed E-state index contributed by atoms with van der Waals surface area (Å²) in [5, 5.41) is 0. The van der Waals surface area contributed by atoms with E-state index in [2.05, 4.69) is 0 Å². The lowest BCUT2D eigenvalue weighted by Gasteiger charge is -2.05. The second-order valence-electron chi connectivity index (χ2n) is 2.19. The van der Waals surface area contributed by atoms with Gasteiger partial charge in [-0.05, 0) is 6.92 Å². The molecule has 3 nitrogen and oxygen atoms in total. The van der Waals surface area contributed by atoms with E-state index in [0.717, 1.165) is 0 Å². The molecule has 52 valence electrons. The Morgan fingerprint density at radius 3 is 2.67 bits per heavy atom. The minimum atomic E-state index is -0.151. The molecule has 0 radical (unpaired) electrons. The van der Waals surface area contributed by atoms with Gasteiger partial charge < -0.3 is 9.47 Å². The van der Waals surface area contributed by atoms with Gasteiger partial charge in [-0.25, -0.2) is 0 Å². The number of carbonyl (C=O) groups is 1. The van der Waals surface area contributed by atoms with Gasteiger partial charge in [-0.3, -0.25) is 4.79 Å². The van der Waals surface area contributed by atoms with E-state index in [1.165, 1.54) is 0 Å². The van der Waals surface area contributed by atoms with Gasteiger partial charge in [-0.2, -0.15) is 0 Å². The van der Waals surface area contributed by atoms with Crippen LogP contribution < -0.4 is 0 Å². The second-order valence-corrected chi connectivity index (χ2v) is 2.19. The van der Waals surface area contributed by atoms with Crippen molar-refractivity contribution in [1.29, 1.82) is 0 Å². The highest BCUT2D eigenvalue weighted by Crippen LogP contribution is 2.16. The highest BCUT2D eigenvalue weighted by molar-refractivity contribution is 5.74. The summed E-state index contributed by atoms with van der Waals surface area (Å²) in [6.45, 7) is 2.22. The molecule has 0 N–H and O–H groups in total. The number of hydrogen-bond acceptors (Lipinski definition) is 3. The maximum atomic E-state index is 10.6. The predicted octanol–water partition coefficient (Wildman–Crippen LogP) is 0.194. The molecular formula is C6H10O3. The maximum absolute atomic E-state index is 10.6. The number of carbonyl (C=O) groups excluding carboxylic acids is 1. The molecule has 1 rings (SSSR count). The lowest BCUT2D eigenvalue weighted by Crippen LogP contribution is -2.19. The standard InChI is InChI=1S/C6H10O3/c1-4-5(8-2)3-9-6(4)7/h4-5H,3H2,1-2H3. The third kappa shape index (κ3) is 1.05. The van der Waals surface area contributed by atoms with Crippen molar-refractivity contribution >= 4 is 5.97 Å². The molecule has 0 bridgehead atoms. The Morgan fingerprint density at radius 2 is 2.44 bits per heavy atom. The van der Waals surface area contributed by atoms with Gasteiger partial charge >= 0.3 is 5.97 Å². The van der Waals surface area contributed by atoms with Crippen molar-refractivity contribution in [3.05, 3.63) is 0 Å². The third-order valence-corrected chi connectivity index (χ3v) is 1.62. The fourth-order valence-electron chi connectivity index (χ4n) is 0.864. The van der Waals surface area contributed by atoms with Gasteiger partial charge in [0.05, 0.1) is 5.92 Å². The van der Waals surface area contributed by atoms with Crippen LogP contribution in [0, 0.1) is 5.92 Å². The van der Waals surface area contributed by atoms with Crippen LogP contribution in [0.3, 0.4) is 0 Å². The van der Waals surface area contributed by atoms with Crippen LogP contribution in [0.5, 0.6) is 0 Å². The number of hydrogen-bond donors (Lipinski definition) is 0. The normalized spacial score (nSPS) is 34.7. The SMILES string of the molecule is COC1COC(=O)C1C. The molecule has 1 heterocycles. The van der Waals surface area contributed by atoms with Gasteiger partial charge in [0, 0.05) is 7.11 Å². The lowest BCUT2D eigenvalue weighted by molar-refractivity contribution is -0.140. The number of cyclic esters (lactones) is 1. The Kier molecular flexibility index (Phi) is 1.71. The van der Waals surface area contributed by atoms with Crippen LogP contribution in [0.1, 0.15) is 6.92 Å². The van der Waals surface area contributed by atoms with Gasteiger partial charge in [-0.1, -0.05) is 0 Å². The minimum absolute atomic E-state index is 0.0301. The first-order chi connectivity index (χ1) is 4.25. The Hall–Kier alpha value is -0.570. The third-order valence-electron chi connectivity index (χ3n) is 1.62. The van der Waals surface area contributed by atoms with Crippen LogP contribution in [0.4, 0.5) is 0 Å². The van der Waals surface area contributed by atoms with Gasteiger partial charge in [0.15, 0.2) is 0 Å². The molecule has 9 heavy (non-hydrogen) atoms. The molecule has 0 aliphatic carbocycles. The number of rotatable bonds is 1. The first-order valence-electron chi connectivity index (χ1n) is 2.95. The molecule has 2 unspecified atom stereocenters. The van der Waals surface area contributed by atoms with E-state index in [1.807, 2.05) is 6.92 Å². The number of esters is 1. The lowest BCUT2D eigenvalue weighted by atomic mass is 10.1. The summed E-state index contributed by atoms with van der Waals surface area (Å²) in [4.78, 5) is 10.6. The zero-order valence-corrected chi connectivity index (χ0v) is 5.59. The summed E-state index contributed by atoms with van der Waals surface area (Å²) in [5.41, 5.74) is 0. The highest BCUT2D eigenvalue weighted by atomic mass is 16.6. The van der Waals surface area contributed by atoms with Gasteiger partial charge in [0.1, 0.15) is 12.7 Å². The highest BCUT2D eigenvalue weighted by Gasteiger charge is 2.32. The zero-order valence-electron chi connectivity index (χ0n) is 5.59. The molecule has 0 amide bonds. The van der Waals surface area contributed by atoms with E-state index >= 15 is 0 Å². The van der Waals surface area contributed by atoms with Crippen molar-refractivity contribution in [1.82, 2.24) is 0 Å². The molecule has 0 aromatic rings. The second kappa shape index (κ2) is 2.35. The molecule has 0 saturated carbocycles. The fraction of sp³-hybridized carbons (Fsp3) is 0.833. The van der Waals surface area contributed by atoms with Crippen LogP contribution >= 0.6 is 0 Å². The van der Waals surface area contributed by atoms with E-state index in [4.69, 9.17) is 9.47 Å². The summed E-state index contributed by atoms with van der Waals surface area (Å²) < 4.78 is 9.65. The molecule has 2 atom stereocenters. The molecule has 0 aromatic heterocycles. The average Bonchev–Trinajstić information content (AvgIpc) is 2.15. The summed E-state index contributed by atoms with van der Waals surface area (Å²) in [6.07, 6.45) is -0.0301. The minimum Gasteiger partial charge on any atom is -0.463 e. The van der Waals surface area contributed by atoms with E-state index in [-0.39, 0.29) is 18.0 Å². The first kappa shape index (κ1) is 6.55. The Bertz CT molecular complexity index is 121. The molecular weight excluding hydrogens is 120 g/mol. The Morgan fingerprint density at radius 1 is 1.78 bits per heavy atom. The Labute approximate surface area is 53.9 Å². The van der Waals surface area contributed by atoms with Crippen molar-refractivity contribution in [2.75, 3.05) is 13.7 Å². The van der Waals surface area contributed by atoms with Crippen molar-refractivity contribution in [3.8, 4) is 0 Å². The van der Waals surface area contributed by atoms with Gasteiger partial charge in [0.25, 0.3) is 0 Å². The summed E-state index contributed by atoms with van der Waals surface area (Å²) in [5.74, 6) is -0.239. The summed E-state index contributed by atoms with van der Waals surface area (Å²) >= 11 is 0. The molecule has 1 aliphatic rings. The topological polar surface area (TPSA) is 35.5 Å². The first-order valence-corrected chi connectivity index (χ1v) is 2.95. The number of methoxy groups -OCH3 is 1. The van der Waals surface area contributed by atoms with Crippen LogP contribution in [-0.2, 0) is 14.3 Å². The number of ether oxygens (including phenoxy) is 2. The molecule has 0 spiro atoms. The van der Waals surface area contributed by atoms with Crippen LogP contribution in [-0.4, -0.2) is 25.8 Å². The van der Waals surface area contributed by atoms with Crippen molar-refractivity contribution in [3.63, 3.8) is 0 Å². The monoisotopic (exact) mass is 130 g/mol. The van der Waals surface area contributed by atoms with E-state index in [0.29, 0.717) is 6.61 Å². The largest absolute Gasteiger partial charge is 0.463 e. The molecule has 3 heteroatoms. The van der Waals surface area contributed by atoms with Crippen molar-refractivity contribution in [2.45, 2.75) is 13.0 Å². The summed E-state index contributed by atoms with van der Waals surface area (Å²) in [7, 11) is 1.59. The average molecular weight is 130 g/mol. The van der Waals surface area contributed by atoms with Crippen LogP contribution in [0.15, 0.2) is 0 Å². The quantitative estimate of drug-likeness (QED) is 0.475. The zero-order chi connectivity index (χ0) is 6.85. The molecule has 1 saturated heterocycles. The van der Waals surface area contributed by atoms with Gasteiger partial charge in [0.2, 0.25) is 0 Å². The van der Waals surface area contributed by atoms with Crippen LogP contribution in [0.2, 0.25) is 0 Å². The predicted molar refractivity (Wildman–Crippen MR) is 30.9 cm³/mol. The smallest absolute Gasteiger partial charge is 0.311 e. The van der Waals surface area contributed by atoms with E-state index in [9.17, 15) is 4.79 Å². The summed E-state index contributed by atoms with van der Waals surface area (Å²) in [6, 6.07) is 0. The molecule has 1 fully saturated rings. The van der Waals surface area contributed by atoms with Crippen LogP contribution in [0.25, 0.3) is 0 Å². The van der Waals surface area contributed by atoms with Gasteiger partial charge in [-0.15, -0.1) is 0 Å². The Balaban J connectivity index is 2.51. The van der Waals surface area contributed by atoms with Crippen molar-refractivity contribution < 1.29 is 14.3 Å². The molecule has 1 aliphatic heterocycles.